The van der Waals surface area contributed by atoms with Crippen molar-refractivity contribution in [1.82, 2.24) is 20.1 Å². The summed E-state index contributed by atoms with van der Waals surface area (Å²) >= 11 is 1.53. The Bertz CT molecular complexity index is 801. The topological polar surface area (TPSA) is 80.2 Å². The number of hydrogen-bond donors (Lipinski definition) is 1. The first-order valence-corrected chi connectivity index (χ1v) is 9.28. The lowest BCUT2D eigenvalue weighted by atomic mass is 9.97. The molecule has 1 saturated heterocycles. The fourth-order valence-electron chi connectivity index (χ4n) is 2.72. The van der Waals surface area contributed by atoms with E-state index < -0.39 is 0 Å². The number of likely N-dealkylation sites (tertiary alicyclic amines) is 1. The summed E-state index contributed by atoms with van der Waals surface area (Å²) in [5.41, 5.74) is 0.670. The van der Waals surface area contributed by atoms with Gasteiger partial charge in [0.15, 0.2) is 5.13 Å². The lowest BCUT2D eigenvalue weighted by Crippen LogP contribution is -2.32. The minimum atomic E-state index is -0.0909. The second-order valence-corrected chi connectivity index (χ2v) is 7.21. The van der Waals surface area contributed by atoms with Crippen LogP contribution in [0.1, 0.15) is 30.3 Å². The minimum absolute atomic E-state index is 0.0909. The molecule has 136 valence electrons. The van der Waals surface area contributed by atoms with E-state index in [0.29, 0.717) is 22.6 Å². The van der Waals surface area contributed by atoms with Crippen molar-refractivity contribution in [3.63, 3.8) is 0 Å². The summed E-state index contributed by atoms with van der Waals surface area (Å²) in [6, 6.07) is 3.59. The average molecular weight is 371 g/mol. The van der Waals surface area contributed by atoms with E-state index in [-0.39, 0.29) is 5.91 Å². The predicted octanol–water partition coefficient (Wildman–Crippen LogP) is 2.16. The number of aromatic nitrogens is 3. The van der Waals surface area contributed by atoms with Crippen LogP contribution in [0.5, 0.6) is 5.88 Å². The number of thiazole rings is 1. The van der Waals surface area contributed by atoms with Crippen LogP contribution in [0.2, 0.25) is 0 Å². The zero-order chi connectivity index (χ0) is 18.4. The highest BCUT2D eigenvalue weighted by Gasteiger charge is 2.18. The molecule has 0 bridgehead atoms. The van der Waals surface area contributed by atoms with Gasteiger partial charge in [-0.3, -0.25) is 9.69 Å². The summed E-state index contributed by atoms with van der Waals surface area (Å²) < 4.78 is 4.99. The van der Waals surface area contributed by atoms with Crippen molar-refractivity contribution >= 4 is 22.4 Å². The van der Waals surface area contributed by atoms with Crippen molar-refractivity contribution in [3.8, 4) is 17.7 Å². The van der Waals surface area contributed by atoms with Gasteiger partial charge < -0.3 is 10.1 Å². The van der Waals surface area contributed by atoms with Crippen LogP contribution in [0.25, 0.3) is 0 Å². The Morgan fingerprint density at radius 1 is 1.38 bits per heavy atom. The fourth-order valence-corrected chi connectivity index (χ4v) is 3.62. The van der Waals surface area contributed by atoms with Gasteiger partial charge in [0.05, 0.1) is 7.11 Å². The molecule has 3 rings (SSSR count). The maximum atomic E-state index is 11.1. The van der Waals surface area contributed by atoms with E-state index in [1.165, 1.54) is 18.3 Å². The number of amides is 1. The molecule has 3 heterocycles. The molecule has 8 heteroatoms. The Morgan fingerprint density at radius 3 is 2.85 bits per heavy atom. The highest BCUT2D eigenvalue weighted by Crippen LogP contribution is 2.23. The average Bonchev–Trinajstić information content (AvgIpc) is 3.07. The lowest BCUT2D eigenvalue weighted by Gasteiger charge is -2.29. The Morgan fingerprint density at radius 2 is 2.19 bits per heavy atom. The second-order valence-electron chi connectivity index (χ2n) is 6.09. The van der Waals surface area contributed by atoms with Crippen LogP contribution in [0.15, 0.2) is 18.3 Å². The number of methoxy groups -OCH3 is 1. The first-order valence-electron chi connectivity index (χ1n) is 8.46. The zero-order valence-corrected chi connectivity index (χ0v) is 15.7. The number of rotatable bonds is 4. The van der Waals surface area contributed by atoms with Crippen molar-refractivity contribution < 1.29 is 9.53 Å². The molecule has 0 saturated carbocycles. The fraction of sp³-hybridized carbons (Fsp3) is 0.444. The molecular formula is C18H21N5O2S. The molecule has 0 unspecified atom stereocenters. The van der Waals surface area contributed by atoms with Crippen LogP contribution in [0, 0.1) is 17.8 Å². The van der Waals surface area contributed by atoms with Gasteiger partial charge in [0.1, 0.15) is 5.69 Å². The molecule has 1 aliphatic heterocycles. The highest BCUT2D eigenvalue weighted by atomic mass is 32.1. The molecule has 0 radical (unpaired) electrons. The van der Waals surface area contributed by atoms with Gasteiger partial charge in [-0.05, 0) is 37.9 Å². The number of ether oxygens (including phenoxy) is 1. The predicted molar refractivity (Wildman–Crippen MR) is 99.9 cm³/mol. The molecule has 1 fully saturated rings. The lowest BCUT2D eigenvalue weighted by molar-refractivity contribution is -0.114. The second kappa shape index (κ2) is 8.74. The summed E-state index contributed by atoms with van der Waals surface area (Å²) in [4.78, 5) is 18.8. The number of nitrogens with one attached hydrogen (secondary N) is 1. The number of anilines is 1. The third-order valence-corrected chi connectivity index (χ3v) is 4.95. The third-order valence-electron chi connectivity index (χ3n) is 4.06. The molecule has 1 N–H and O–H groups in total. The molecule has 7 nitrogen and oxygen atoms in total. The molecule has 0 atom stereocenters. The third kappa shape index (κ3) is 5.25. The van der Waals surface area contributed by atoms with E-state index in [4.69, 9.17) is 4.74 Å². The van der Waals surface area contributed by atoms with E-state index >= 15 is 0 Å². The zero-order valence-electron chi connectivity index (χ0n) is 14.9. The highest BCUT2D eigenvalue weighted by molar-refractivity contribution is 7.15. The molecule has 0 aromatic carbocycles. The van der Waals surface area contributed by atoms with Gasteiger partial charge in [-0.1, -0.05) is 5.92 Å². The normalized spacial score (nSPS) is 15.2. The molecule has 1 aliphatic rings. The smallest absolute Gasteiger partial charge is 0.233 e. The Kier molecular flexibility index (Phi) is 6.15. The Balaban J connectivity index is 1.47. The number of carbonyl (C=O) groups is 1. The number of carbonyl (C=O) groups excluding carboxylic acids is 1. The summed E-state index contributed by atoms with van der Waals surface area (Å²) in [7, 11) is 1.57. The standard InChI is InChI=1S/C18H21N5O2S/c1-13(24)20-18-19-11-16(26-18)12-23-9-7-14(8-10-23)3-4-15-5-6-17(25-2)22-21-15/h5-6,11,14H,7-10,12H2,1-2H3,(H,19,20,24). The van der Waals surface area contributed by atoms with Crippen molar-refractivity contribution in [2.75, 3.05) is 25.5 Å². The first-order chi connectivity index (χ1) is 12.6. The monoisotopic (exact) mass is 371 g/mol. The van der Waals surface area contributed by atoms with E-state index in [9.17, 15) is 4.79 Å². The van der Waals surface area contributed by atoms with Crippen LogP contribution in [0.4, 0.5) is 5.13 Å². The molecule has 2 aromatic rings. The largest absolute Gasteiger partial charge is 0.480 e. The molecule has 0 aliphatic carbocycles. The van der Waals surface area contributed by atoms with E-state index in [0.717, 1.165) is 37.4 Å². The maximum Gasteiger partial charge on any atom is 0.233 e. The van der Waals surface area contributed by atoms with Crippen LogP contribution < -0.4 is 10.1 Å². The Labute approximate surface area is 156 Å². The van der Waals surface area contributed by atoms with Crippen LogP contribution in [-0.4, -0.2) is 46.2 Å². The van der Waals surface area contributed by atoms with Gasteiger partial charge >= 0.3 is 0 Å². The minimum Gasteiger partial charge on any atom is -0.480 e. The SMILES string of the molecule is COc1ccc(C#CC2CCN(Cc3cnc(NC(C)=O)s3)CC2)nn1. The van der Waals surface area contributed by atoms with E-state index in [1.54, 1.807) is 13.2 Å². The molecular weight excluding hydrogens is 350 g/mol. The van der Waals surface area contributed by atoms with Gasteiger partial charge in [-0.15, -0.1) is 21.5 Å². The van der Waals surface area contributed by atoms with Crippen molar-refractivity contribution in [2.45, 2.75) is 26.3 Å². The van der Waals surface area contributed by atoms with Gasteiger partial charge in [0, 0.05) is 36.5 Å². The van der Waals surface area contributed by atoms with Gasteiger partial charge in [0.2, 0.25) is 11.8 Å². The summed E-state index contributed by atoms with van der Waals surface area (Å²) in [6.45, 7) is 4.35. The van der Waals surface area contributed by atoms with Crippen LogP contribution in [0.3, 0.4) is 0 Å². The van der Waals surface area contributed by atoms with Crippen LogP contribution >= 0.6 is 11.3 Å². The van der Waals surface area contributed by atoms with Gasteiger partial charge in [-0.25, -0.2) is 4.98 Å². The van der Waals surface area contributed by atoms with E-state index in [1.807, 2.05) is 12.3 Å². The molecule has 26 heavy (non-hydrogen) atoms. The number of hydrogen-bond acceptors (Lipinski definition) is 7. The number of piperidine rings is 1. The first kappa shape index (κ1) is 18.3. The number of nitrogens with zero attached hydrogens (tertiary/aromatic N) is 4. The van der Waals surface area contributed by atoms with Crippen molar-refractivity contribution in [1.29, 1.82) is 0 Å². The molecule has 1 amide bonds. The maximum absolute atomic E-state index is 11.1. The van der Waals surface area contributed by atoms with Gasteiger partial charge in [-0.2, -0.15) is 0 Å². The molecule has 2 aromatic heterocycles. The molecule has 0 spiro atoms. The van der Waals surface area contributed by atoms with Crippen molar-refractivity contribution in [2.24, 2.45) is 5.92 Å². The van der Waals surface area contributed by atoms with Crippen LogP contribution in [-0.2, 0) is 11.3 Å². The van der Waals surface area contributed by atoms with Crippen molar-refractivity contribution in [3.05, 3.63) is 28.9 Å². The van der Waals surface area contributed by atoms with E-state index in [2.05, 4.69) is 37.2 Å². The summed E-state index contributed by atoms with van der Waals surface area (Å²) in [5.74, 6) is 7.20. The summed E-state index contributed by atoms with van der Waals surface area (Å²) in [6.07, 6.45) is 3.91. The Hall–Kier alpha value is -2.50. The van der Waals surface area contributed by atoms with Gasteiger partial charge in [0.25, 0.3) is 0 Å². The quantitative estimate of drug-likeness (QED) is 0.830. The summed E-state index contributed by atoms with van der Waals surface area (Å²) in [5, 5.41) is 11.3.